The molecule has 0 saturated carbocycles. The number of carbonyl (C=O) groups excluding carboxylic acids is 1. The van der Waals surface area contributed by atoms with Crippen LogP contribution in [-0.2, 0) is 6.42 Å². The second-order valence-corrected chi connectivity index (χ2v) is 6.60. The van der Waals surface area contributed by atoms with Gasteiger partial charge in [-0.2, -0.15) is 0 Å². The van der Waals surface area contributed by atoms with Crippen LogP contribution in [0.1, 0.15) is 45.6 Å². The summed E-state index contributed by atoms with van der Waals surface area (Å²) in [6.45, 7) is 2.01. The Hall–Kier alpha value is -3.18. The fourth-order valence-corrected chi connectivity index (χ4v) is 3.10. The summed E-state index contributed by atoms with van der Waals surface area (Å²) in [5.41, 5.74) is 2.75. The van der Waals surface area contributed by atoms with Crippen LogP contribution in [0.15, 0.2) is 54.6 Å². The Balaban J connectivity index is 1.78. The van der Waals surface area contributed by atoms with Crippen LogP contribution in [0.3, 0.4) is 0 Å². The van der Waals surface area contributed by atoms with Gasteiger partial charge in [0.1, 0.15) is 11.5 Å². The highest BCUT2D eigenvalue weighted by Gasteiger charge is 2.16. The van der Waals surface area contributed by atoms with Crippen molar-refractivity contribution in [1.29, 1.82) is 0 Å². The fourth-order valence-electron chi connectivity index (χ4n) is 2.86. The van der Waals surface area contributed by atoms with Crippen LogP contribution in [0.2, 0.25) is 5.15 Å². The minimum atomic E-state index is -0.975. The summed E-state index contributed by atoms with van der Waals surface area (Å²) in [6.07, 6.45) is 4.74. The van der Waals surface area contributed by atoms with Crippen molar-refractivity contribution in [3.05, 3.63) is 82.4 Å². The van der Waals surface area contributed by atoms with Crippen LogP contribution in [0.4, 0.5) is 0 Å². The summed E-state index contributed by atoms with van der Waals surface area (Å²) in [5, 5.41) is 9.50. The summed E-state index contributed by atoms with van der Waals surface area (Å²) in [4.78, 5) is 31.0. The van der Waals surface area contributed by atoms with Gasteiger partial charge < -0.3 is 10.1 Å². The fraction of sp³-hybridized carbons (Fsp3) is 0.136. The molecule has 0 spiro atoms. The number of halogens is 1. The number of H-pyrrole nitrogens is 1. The number of hydrogen-bond donors (Lipinski definition) is 2. The maximum atomic E-state index is 12.6. The molecule has 3 aromatic rings. The van der Waals surface area contributed by atoms with E-state index in [1.54, 1.807) is 30.3 Å². The van der Waals surface area contributed by atoms with Crippen LogP contribution in [0.5, 0.6) is 0 Å². The topological polar surface area (TPSA) is 83.1 Å². The second kappa shape index (κ2) is 8.67. The number of allylic oxidation sites excluding steroid dienone is 1. The van der Waals surface area contributed by atoms with E-state index >= 15 is 0 Å². The van der Waals surface area contributed by atoms with Crippen molar-refractivity contribution in [2.45, 2.75) is 19.8 Å². The van der Waals surface area contributed by atoms with Gasteiger partial charge in [-0.15, -0.1) is 0 Å². The molecule has 0 aliphatic carbocycles. The number of aromatic nitrogens is 2. The highest BCUT2D eigenvalue weighted by Crippen LogP contribution is 2.25. The smallest absolute Gasteiger partial charge is 0.336 e. The zero-order valence-electron chi connectivity index (χ0n) is 15.3. The predicted octanol–water partition coefficient (Wildman–Crippen LogP) is 5.28. The molecule has 28 heavy (non-hydrogen) atoms. The van der Waals surface area contributed by atoms with Crippen molar-refractivity contribution < 1.29 is 14.7 Å². The number of ketones is 1. The van der Waals surface area contributed by atoms with E-state index in [-0.39, 0.29) is 28.6 Å². The van der Waals surface area contributed by atoms with E-state index in [0.717, 1.165) is 17.5 Å². The van der Waals surface area contributed by atoms with Crippen LogP contribution in [0.25, 0.3) is 17.2 Å². The van der Waals surface area contributed by atoms with E-state index in [9.17, 15) is 14.7 Å². The Kier molecular flexibility index (Phi) is 6.06. The number of nitrogens with zero attached hydrogens (tertiary/aromatic N) is 1. The summed E-state index contributed by atoms with van der Waals surface area (Å²) >= 11 is 6.08. The molecule has 1 aromatic heterocycles. The van der Waals surface area contributed by atoms with Crippen molar-refractivity contribution >= 4 is 29.4 Å². The van der Waals surface area contributed by atoms with Gasteiger partial charge in [0.15, 0.2) is 10.9 Å². The van der Waals surface area contributed by atoms with Crippen molar-refractivity contribution in [3.8, 4) is 11.1 Å². The Morgan fingerprint density at radius 3 is 2.54 bits per heavy atom. The molecular weight excluding hydrogens is 376 g/mol. The van der Waals surface area contributed by atoms with Crippen molar-refractivity contribution in [3.63, 3.8) is 0 Å². The lowest BCUT2D eigenvalue weighted by Crippen LogP contribution is -2.05. The summed E-state index contributed by atoms with van der Waals surface area (Å²) < 4.78 is 0. The Morgan fingerprint density at radius 2 is 1.86 bits per heavy atom. The second-order valence-electron chi connectivity index (χ2n) is 6.25. The molecule has 0 bridgehead atoms. The zero-order chi connectivity index (χ0) is 20.1. The van der Waals surface area contributed by atoms with Gasteiger partial charge in [0.2, 0.25) is 0 Å². The number of benzene rings is 2. The van der Waals surface area contributed by atoms with Gasteiger partial charge in [0.05, 0.1) is 5.56 Å². The van der Waals surface area contributed by atoms with Gasteiger partial charge in [0.25, 0.3) is 0 Å². The number of carboxylic acids is 1. The maximum Gasteiger partial charge on any atom is 0.336 e. The predicted molar refractivity (Wildman–Crippen MR) is 110 cm³/mol. The third-order valence-electron chi connectivity index (χ3n) is 4.26. The van der Waals surface area contributed by atoms with Crippen LogP contribution in [0, 0.1) is 0 Å². The van der Waals surface area contributed by atoms with Gasteiger partial charge in [0, 0.05) is 6.42 Å². The molecule has 0 aliphatic rings. The molecule has 0 amide bonds. The normalized spacial score (nSPS) is 11.1. The minimum absolute atomic E-state index is 0.160. The zero-order valence-corrected chi connectivity index (χ0v) is 16.0. The number of Topliss-reactive ketones (excluding diaryl/α,β-unsaturated/α-hetero) is 1. The van der Waals surface area contributed by atoms with E-state index < -0.39 is 5.97 Å². The lowest BCUT2D eigenvalue weighted by atomic mass is 9.97. The summed E-state index contributed by atoms with van der Waals surface area (Å²) in [6, 6.07) is 14.1. The van der Waals surface area contributed by atoms with Gasteiger partial charge in [-0.05, 0) is 35.3 Å². The standard InChI is InChI=1S/C22H19ClN2O3/c1-2-3-8-19-24-20(21(23)25-19)18(26)13-14-9-11-15(12-10-14)16-6-4-5-7-17(16)22(27)28/h3-12H,2,13H2,1H3,(H,24,25)(H,27,28)/b8-3+. The molecule has 2 N–H and O–H groups in total. The van der Waals surface area contributed by atoms with E-state index in [1.165, 1.54) is 0 Å². The molecule has 0 atom stereocenters. The molecule has 0 fully saturated rings. The van der Waals surface area contributed by atoms with Crippen LogP contribution < -0.4 is 0 Å². The number of aromatic amines is 1. The average Bonchev–Trinajstić information content (AvgIpc) is 3.07. The Morgan fingerprint density at radius 1 is 1.14 bits per heavy atom. The van der Waals surface area contributed by atoms with Gasteiger partial charge >= 0.3 is 5.97 Å². The highest BCUT2D eigenvalue weighted by molar-refractivity contribution is 6.32. The molecule has 3 rings (SSSR count). The maximum absolute atomic E-state index is 12.6. The molecule has 142 valence electrons. The largest absolute Gasteiger partial charge is 0.478 e. The molecule has 5 nitrogen and oxygen atoms in total. The number of carbonyl (C=O) groups is 2. The molecule has 0 saturated heterocycles. The monoisotopic (exact) mass is 394 g/mol. The molecular formula is C22H19ClN2O3. The first-order valence-corrected chi connectivity index (χ1v) is 9.24. The SMILES string of the molecule is CC/C=C/c1nc(Cl)c(C(=O)Cc2ccc(-c3ccccc3C(=O)O)cc2)[nH]1. The first kappa shape index (κ1) is 19.6. The number of imidazole rings is 1. The molecule has 0 radical (unpaired) electrons. The van der Waals surface area contributed by atoms with E-state index in [1.807, 2.05) is 37.3 Å². The lowest BCUT2D eigenvalue weighted by molar-refractivity contribution is 0.0697. The molecule has 2 aromatic carbocycles. The Bertz CT molecular complexity index is 1040. The summed E-state index contributed by atoms with van der Waals surface area (Å²) in [5.74, 6) is -0.583. The number of aromatic carboxylic acids is 1. The quantitative estimate of drug-likeness (QED) is 0.534. The van der Waals surface area contributed by atoms with E-state index in [2.05, 4.69) is 9.97 Å². The summed E-state index contributed by atoms with van der Waals surface area (Å²) in [7, 11) is 0. The minimum Gasteiger partial charge on any atom is -0.478 e. The van der Waals surface area contributed by atoms with Crippen molar-refractivity contribution in [2.75, 3.05) is 0 Å². The molecule has 1 heterocycles. The number of nitrogens with one attached hydrogen (secondary N) is 1. The number of hydrogen-bond acceptors (Lipinski definition) is 3. The van der Waals surface area contributed by atoms with Crippen LogP contribution >= 0.6 is 11.6 Å². The third kappa shape index (κ3) is 4.38. The van der Waals surface area contributed by atoms with Gasteiger partial charge in [-0.25, -0.2) is 9.78 Å². The van der Waals surface area contributed by atoms with Gasteiger partial charge in [-0.1, -0.05) is 67.1 Å². The highest BCUT2D eigenvalue weighted by atomic mass is 35.5. The van der Waals surface area contributed by atoms with Crippen molar-refractivity contribution in [1.82, 2.24) is 9.97 Å². The lowest BCUT2D eigenvalue weighted by Gasteiger charge is -2.07. The van der Waals surface area contributed by atoms with Crippen LogP contribution in [-0.4, -0.2) is 26.8 Å². The van der Waals surface area contributed by atoms with E-state index in [4.69, 9.17) is 11.6 Å². The van der Waals surface area contributed by atoms with E-state index in [0.29, 0.717) is 11.4 Å². The molecule has 0 aliphatic heterocycles. The van der Waals surface area contributed by atoms with Gasteiger partial charge in [-0.3, -0.25) is 4.79 Å². The average molecular weight is 395 g/mol. The molecule has 0 unspecified atom stereocenters. The molecule has 6 heteroatoms. The van der Waals surface area contributed by atoms with Crippen molar-refractivity contribution in [2.24, 2.45) is 0 Å². The Labute approximate surface area is 167 Å². The number of rotatable bonds is 7. The first-order valence-electron chi connectivity index (χ1n) is 8.86. The third-order valence-corrected chi connectivity index (χ3v) is 4.53. The first-order chi connectivity index (χ1) is 13.5. The number of carboxylic acid groups (broad SMARTS) is 1.